The Hall–Kier alpha value is -0.370. The van der Waals surface area contributed by atoms with E-state index in [1.54, 1.807) is 18.9 Å². The van der Waals surface area contributed by atoms with Crippen LogP contribution in [-0.4, -0.2) is 109 Å². The van der Waals surface area contributed by atoms with E-state index in [0.717, 1.165) is 12.8 Å². The van der Waals surface area contributed by atoms with Gasteiger partial charge in [-0.15, -0.1) is 35.0 Å². The minimum atomic E-state index is -0.379. The molecule has 5 heterocycles. The molecule has 5 rings (SSSR count). The van der Waals surface area contributed by atoms with E-state index in [-0.39, 0.29) is 69.5 Å². The van der Waals surface area contributed by atoms with Crippen LogP contribution in [0.3, 0.4) is 0 Å². The van der Waals surface area contributed by atoms with Crippen LogP contribution < -0.4 is 31.9 Å². The van der Waals surface area contributed by atoms with Crippen molar-refractivity contribution in [2.24, 2.45) is 17.8 Å². The molecule has 9 atom stereocenters. The van der Waals surface area contributed by atoms with Gasteiger partial charge in [-0.3, -0.25) is 30.9 Å². The van der Waals surface area contributed by atoms with E-state index in [0.29, 0.717) is 45.3 Å². The number of nitrogens with one attached hydrogen (secondary N) is 6. The van der Waals surface area contributed by atoms with Crippen LogP contribution in [0.25, 0.3) is 0 Å². The number of carbonyl (C=O) groups is 2. The van der Waals surface area contributed by atoms with Gasteiger partial charge >= 0.3 is 0 Å². The highest BCUT2D eigenvalue weighted by Crippen LogP contribution is 2.38. The highest BCUT2D eigenvalue weighted by molar-refractivity contribution is 8.00. The second-order valence-corrected chi connectivity index (χ2v) is 13.3. The van der Waals surface area contributed by atoms with Gasteiger partial charge in [0.25, 0.3) is 5.91 Å². The molecule has 5 fully saturated rings. The zero-order valence-corrected chi connectivity index (χ0v) is 23.2. The van der Waals surface area contributed by atoms with Crippen LogP contribution in [0.5, 0.6) is 0 Å². The van der Waals surface area contributed by atoms with Crippen LogP contribution in [0.4, 0.5) is 0 Å². The number of hydrogen-bond acceptors (Lipinski definition) is 9. The van der Waals surface area contributed by atoms with Crippen molar-refractivity contribution in [2.75, 3.05) is 46.4 Å². The standard InChI is InChI=1S/C23H39Cl2N7O3S/c1-11-3-13(14-4-19(25)27-8-17(14)35-2)15(7-26-11)21(33)31-23-30-16-9-32(10-18(16)36-23)22(34)20-28-5-12(24)6-29-20/h11-20,23,26-30H,3-10H2,1-2H3,(H,31,33). The molecule has 5 saturated heterocycles. The topological polar surface area (TPSA) is 119 Å². The predicted molar refractivity (Wildman–Crippen MR) is 142 cm³/mol. The van der Waals surface area contributed by atoms with Gasteiger partial charge < -0.3 is 20.3 Å². The molecule has 5 aliphatic rings. The number of alkyl halides is 2. The minimum absolute atomic E-state index is 0.00213. The second kappa shape index (κ2) is 11.8. The van der Waals surface area contributed by atoms with Crippen molar-refractivity contribution in [2.45, 2.75) is 65.7 Å². The number of likely N-dealkylation sites (tertiary alicyclic amines) is 1. The van der Waals surface area contributed by atoms with Crippen LogP contribution in [-0.2, 0) is 14.3 Å². The molecule has 9 unspecified atom stereocenters. The van der Waals surface area contributed by atoms with E-state index in [1.165, 1.54) is 0 Å². The van der Waals surface area contributed by atoms with E-state index in [9.17, 15) is 9.59 Å². The van der Waals surface area contributed by atoms with Crippen LogP contribution in [0, 0.1) is 17.8 Å². The quantitative estimate of drug-likeness (QED) is 0.189. The summed E-state index contributed by atoms with van der Waals surface area (Å²) in [4.78, 5) is 28.3. The van der Waals surface area contributed by atoms with E-state index in [2.05, 4.69) is 38.8 Å². The molecule has 13 heteroatoms. The van der Waals surface area contributed by atoms with E-state index >= 15 is 0 Å². The summed E-state index contributed by atoms with van der Waals surface area (Å²) in [7, 11) is 1.74. The fraction of sp³-hybridized carbons (Fsp3) is 0.913. The van der Waals surface area contributed by atoms with Gasteiger partial charge in [0.2, 0.25) is 5.91 Å². The van der Waals surface area contributed by atoms with Gasteiger partial charge in [0.05, 0.1) is 22.9 Å². The first-order valence-electron chi connectivity index (χ1n) is 13.1. The van der Waals surface area contributed by atoms with Crippen LogP contribution in [0.2, 0.25) is 0 Å². The Morgan fingerprint density at radius 1 is 1.00 bits per heavy atom. The lowest BCUT2D eigenvalue weighted by molar-refractivity contribution is -0.134. The molecule has 0 saturated carbocycles. The number of fused-ring (bicyclic) bond motifs is 1. The van der Waals surface area contributed by atoms with Crippen molar-refractivity contribution in [1.29, 1.82) is 0 Å². The van der Waals surface area contributed by atoms with Gasteiger partial charge in [-0.1, -0.05) is 0 Å². The van der Waals surface area contributed by atoms with Crippen molar-refractivity contribution in [3.8, 4) is 0 Å². The number of halogens is 2. The third kappa shape index (κ3) is 5.94. The molecule has 0 aromatic carbocycles. The van der Waals surface area contributed by atoms with Gasteiger partial charge in [0.15, 0.2) is 0 Å². The number of amides is 2. The van der Waals surface area contributed by atoms with Gasteiger partial charge in [0.1, 0.15) is 11.7 Å². The lowest BCUT2D eigenvalue weighted by atomic mass is 9.70. The zero-order valence-electron chi connectivity index (χ0n) is 20.8. The SMILES string of the molecule is COC1CNC(Cl)CC1C1CC(C)NCC1C(=O)NC1NC2CN(C(=O)C3NCC(Cl)CN3)CC2S1. The van der Waals surface area contributed by atoms with E-state index in [4.69, 9.17) is 27.9 Å². The van der Waals surface area contributed by atoms with Crippen molar-refractivity contribution in [3.63, 3.8) is 0 Å². The third-order valence-corrected chi connectivity index (χ3v) is 10.4. The lowest BCUT2D eigenvalue weighted by Crippen LogP contribution is -2.61. The summed E-state index contributed by atoms with van der Waals surface area (Å²) >= 11 is 14.3. The number of nitrogens with zero attached hydrogens (tertiary/aromatic N) is 1. The second-order valence-electron chi connectivity index (χ2n) is 10.8. The summed E-state index contributed by atoms with van der Waals surface area (Å²) in [6, 6.07) is 0.513. The zero-order chi connectivity index (χ0) is 25.4. The highest BCUT2D eigenvalue weighted by atomic mass is 35.5. The minimum Gasteiger partial charge on any atom is -0.380 e. The van der Waals surface area contributed by atoms with E-state index < -0.39 is 0 Å². The number of hydrogen-bond donors (Lipinski definition) is 6. The van der Waals surface area contributed by atoms with Crippen molar-refractivity contribution in [3.05, 3.63) is 0 Å². The number of piperidine rings is 2. The number of rotatable bonds is 5. The van der Waals surface area contributed by atoms with Crippen molar-refractivity contribution >= 4 is 46.8 Å². The van der Waals surface area contributed by atoms with Gasteiger partial charge in [0, 0.05) is 63.7 Å². The first-order chi connectivity index (χ1) is 17.3. The number of methoxy groups -OCH3 is 1. The van der Waals surface area contributed by atoms with E-state index in [1.807, 2.05) is 4.90 Å². The lowest BCUT2D eigenvalue weighted by Gasteiger charge is -2.45. The summed E-state index contributed by atoms with van der Waals surface area (Å²) in [5.74, 6) is 0.437. The average Bonchev–Trinajstić information content (AvgIpc) is 3.42. The molecule has 6 N–H and O–H groups in total. The predicted octanol–water partition coefficient (Wildman–Crippen LogP) is -0.768. The molecule has 2 amide bonds. The molecule has 204 valence electrons. The molecule has 0 aromatic heterocycles. The Morgan fingerprint density at radius 2 is 1.78 bits per heavy atom. The molecule has 36 heavy (non-hydrogen) atoms. The maximum atomic E-state index is 13.5. The molecule has 0 spiro atoms. The summed E-state index contributed by atoms with van der Waals surface area (Å²) in [6.07, 6.45) is 1.39. The van der Waals surface area contributed by atoms with Crippen LogP contribution in [0.15, 0.2) is 0 Å². The summed E-state index contributed by atoms with van der Waals surface area (Å²) in [6.45, 7) is 6.09. The van der Waals surface area contributed by atoms with Crippen LogP contribution in [0.1, 0.15) is 19.8 Å². The first-order valence-corrected chi connectivity index (χ1v) is 14.9. The summed E-state index contributed by atoms with van der Waals surface area (Å²) in [5, 5.41) is 20.2. The van der Waals surface area contributed by atoms with Crippen molar-refractivity contribution < 1.29 is 14.3 Å². The molecule has 0 bridgehead atoms. The first kappa shape index (κ1) is 27.2. The number of thioether (sulfide) groups is 1. The van der Waals surface area contributed by atoms with Gasteiger partial charge in [-0.05, 0) is 31.6 Å². The summed E-state index contributed by atoms with van der Waals surface area (Å²) in [5.41, 5.74) is -0.248. The third-order valence-electron chi connectivity index (χ3n) is 8.38. The normalized spacial score (nSPS) is 45.3. The Labute approximate surface area is 227 Å². The Balaban J connectivity index is 1.15. The maximum absolute atomic E-state index is 13.5. The van der Waals surface area contributed by atoms with Gasteiger partial charge in [-0.2, -0.15) is 0 Å². The molecule has 0 radical (unpaired) electrons. The van der Waals surface area contributed by atoms with Crippen molar-refractivity contribution in [1.82, 2.24) is 36.8 Å². The molecule has 10 nitrogen and oxygen atoms in total. The molecular weight excluding hydrogens is 525 g/mol. The fourth-order valence-corrected chi connectivity index (χ4v) is 8.32. The highest BCUT2D eigenvalue weighted by Gasteiger charge is 2.47. The van der Waals surface area contributed by atoms with Gasteiger partial charge in [-0.25, -0.2) is 0 Å². The average molecular weight is 565 g/mol. The summed E-state index contributed by atoms with van der Waals surface area (Å²) < 4.78 is 5.79. The largest absolute Gasteiger partial charge is 0.380 e. The fourth-order valence-electron chi connectivity index (χ4n) is 6.44. The monoisotopic (exact) mass is 563 g/mol. The number of ether oxygens (including phenoxy) is 1. The molecule has 0 aromatic rings. The number of carbonyl (C=O) groups excluding carboxylic acids is 2. The Bertz CT molecular complexity index is 794. The molecule has 0 aliphatic carbocycles. The Morgan fingerprint density at radius 3 is 2.50 bits per heavy atom. The van der Waals surface area contributed by atoms with Crippen LogP contribution >= 0.6 is 35.0 Å². The molecule has 5 aliphatic heterocycles. The maximum Gasteiger partial charge on any atom is 0.254 e. The smallest absolute Gasteiger partial charge is 0.254 e. The Kier molecular flexibility index (Phi) is 8.91. The molecular formula is C23H39Cl2N7O3S.